The van der Waals surface area contributed by atoms with Gasteiger partial charge in [0.25, 0.3) is 0 Å². The van der Waals surface area contributed by atoms with Crippen molar-refractivity contribution in [2.45, 2.75) is 13.8 Å². The average molecular weight is 649 g/mol. The van der Waals surface area contributed by atoms with Gasteiger partial charge in [0.1, 0.15) is 43.3 Å². The molecule has 4 aromatic carbocycles. The Morgan fingerprint density at radius 3 is 1.55 bits per heavy atom. The first kappa shape index (κ1) is 35.4. The van der Waals surface area contributed by atoms with Crippen molar-refractivity contribution in [2.24, 2.45) is 5.41 Å². The zero-order valence-corrected chi connectivity index (χ0v) is 27.5. The van der Waals surface area contributed by atoms with Crippen LogP contribution in [0.1, 0.15) is 36.1 Å². The highest BCUT2D eigenvalue weighted by atomic mass is 16.6. The number of ether oxygens (including phenoxy) is 3. The maximum atomic E-state index is 13.6. The molecule has 1 atom stereocenters. The molecule has 0 aliphatic carbocycles. The predicted octanol–water partition coefficient (Wildman–Crippen LogP) is 8.35. The maximum Gasteiger partial charge on any atom is 0.349 e. The van der Waals surface area contributed by atoms with Gasteiger partial charge in [-0.3, -0.25) is 0 Å². The van der Waals surface area contributed by atoms with Crippen LogP contribution in [0.4, 0.5) is 0 Å². The molecule has 4 rings (SSSR count). The molecular weight excluding hydrogens is 612 g/mol. The topological polar surface area (TPSA) is 109 Å². The first-order valence-corrected chi connectivity index (χ1v) is 15.5. The van der Waals surface area contributed by atoms with Crippen LogP contribution in [-0.2, 0) is 23.8 Å². The number of nitrogens with zero attached hydrogens (tertiary/aromatic N) is 2. The Morgan fingerprint density at radius 1 is 0.653 bits per heavy atom. The Balaban J connectivity index is 1.58. The molecule has 0 spiro atoms. The largest absolute Gasteiger partial charge is 0.492 e. The van der Waals surface area contributed by atoms with Crippen molar-refractivity contribution < 1.29 is 23.8 Å². The van der Waals surface area contributed by atoms with E-state index >= 15 is 0 Å². The third-order valence-electron chi connectivity index (χ3n) is 7.43. The van der Waals surface area contributed by atoms with Crippen LogP contribution in [-0.4, -0.2) is 31.8 Å². The van der Waals surface area contributed by atoms with Gasteiger partial charge in [-0.2, -0.15) is 10.5 Å². The van der Waals surface area contributed by atoms with Crippen molar-refractivity contribution in [3.63, 3.8) is 0 Å². The Labute approximate surface area is 287 Å². The van der Waals surface area contributed by atoms with Crippen molar-refractivity contribution in [2.75, 3.05) is 19.8 Å². The van der Waals surface area contributed by atoms with Gasteiger partial charge < -0.3 is 14.2 Å². The lowest BCUT2D eigenvalue weighted by Gasteiger charge is -2.29. The minimum atomic E-state index is -1.10. The number of benzene rings is 4. The maximum absolute atomic E-state index is 13.6. The number of rotatable bonds is 14. The lowest BCUT2D eigenvalue weighted by Crippen LogP contribution is -2.36. The van der Waals surface area contributed by atoms with Gasteiger partial charge in [-0.1, -0.05) is 128 Å². The molecule has 0 aliphatic rings. The number of carbonyl (C=O) groups excluding carboxylic acids is 2. The summed E-state index contributed by atoms with van der Waals surface area (Å²) in [6.07, 6.45) is 3.36. The number of hydrogen-bond acceptors (Lipinski definition) is 7. The monoisotopic (exact) mass is 648 g/mol. The van der Waals surface area contributed by atoms with Gasteiger partial charge in [0, 0.05) is 11.1 Å². The van der Waals surface area contributed by atoms with E-state index in [0.717, 1.165) is 11.1 Å². The molecule has 0 heterocycles. The van der Waals surface area contributed by atoms with Crippen molar-refractivity contribution in [1.82, 2.24) is 0 Å². The molecule has 7 nitrogen and oxygen atoms in total. The molecule has 0 fully saturated rings. The number of hydrogen-bond donors (Lipinski definition) is 0. The second-order valence-electron chi connectivity index (χ2n) is 11.6. The zero-order chi connectivity index (χ0) is 35.1. The normalized spacial score (nSPS) is 12.3. The first-order chi connectivity index (χ1) is 23.7. The summed E-state index contributed by atoms with van der Waals surface area (Å²) in [6, 6.07) is 41.0. The predicted molar refractivity (Wildman–Crippen MR) is 190 cm³/mol. The quantitative estimate of drug-likeness (QED) is 0.0444. The molecule has 0 N–H and O–H groups in total. The summed E-state index contributed by atoms with van der Waals surface area (Å²) in [5, 5.41) is 20.0. The van der Waals surface area contributed by atoms with Gasteiger partial charge in [0.2, 0.25) is 0 Å². The van der Waals surface area contributed by atoms with E-state index in [4.69, 9.17) is 14.2 Å². The van der Waals surface area contributed by atoms with Crippen LogP contribution >= 0.6 is 0 Å². The second-order valence-corrected chi connectivity index (χ2v) is 11.6. The van der Waals surface area contributed by atoms with Gasteiger partial charge in [-0.25, -0.2) is 9.59 Å². The van der Waals surface area contributed by atoms with Gasteiger partial charge in [-0.05, 0) is 48.3 Å². The number of allylic oxidation sites excluding steroid dienone is 1. The smallest absolute Gasteiger partial charge is 0.349 e. The standard InChI is InChI=1S/C42H36N2O5/c1-31(24-33-16-8-4-9-17-33)40(45)48-29-42(3,28-47-32(2)37(26-43)25-34-18-10-5-11-19-34)30-49-41(46)38(27-44)39(35-20-12-6-13-21-35)36-22-14-7-15-23-36/h4-25H,2,28-30H2,1,3H3. The van der Waals surface area contributed by atoms with E-state index in [1.807, 2.05) is 127 Å². The average Bonchev–Trinajstić information content (AvgIpc) is 3.14. The van der Waals surface area contributed by atoms with Crippen LogP contribution in [0, 0.1) is 28.1 Å². The summed E-state index contributed by atoms with van der Waals surface area (Å²) < 4.78 is 17.4. The Bertz CT molecular complexity index is 1890. The van der Waals surface area contributed by atoms with Crippen LogP contribution in [0.5, 0.6) is 0 Å². The van der Waals surface area contributed by atoms with Crippen LogP contribution < -0.4 is 0 Å². The highest BCUT2D eigenvalue weighted by Crippen LogP contribution is 2.29. The fourth-order valence-corrected chi connectivity index (χ4v) is 4.75. The summed E-state index contributed by atoms with van der Waals surface area (Å²) in [7, 11) is 0. The molecule has 0 amide bonds. The number of carbonyl (C=O) groups is 2. The fourth-order valence-electron chi connectivity index (χ4n) is 4.75. The molecule has 244 valence electrons. The molecule has 49 heavy (non-hydrogen) atoms. The minimum Gasteiger partial charge on any atom is -0.492 e. The SMILES string of the molecule is C=C(OCC(C)(COC(=O)C(C)=Cc1ccccc1)COC(=O)C(C#N)=C(c1ccccc1)c1ccccc1)C(C#N)=Cc1ccccc1. The lowest BCUT2D eigenvalue weighted by molar-refractivity contribution is -0.150. The summed E-state index contributed by atoms with van der Waals surface area (Å²) in [5.74, 6) is -1.30. The summed E-state index contributed by atoms with van der Waals surface area (Å²) >= 11 is 0. The van der Waals surface area contributed by atoms with Crippen LogP contribution in [0.3, 0.4) is 0 Å². The van der Waals surface area contributed by atoms with Crippen molar-refractivity contribution in [3.8, 4) is 12.1 Å². The Hall–Kier alpha value is -6.44. The molecule has 1 unspecified atom stereocenters. The number of esters is 2. The third kappa shape index (κ3) is 10.3. The van der Waals surface area contributed by atoms with E-state index in [1.54, 1.807) is 26.0 Å². The lowest BCUT2D eigenvalue weighted by atomic mass is 9.92. The van der Waals surface area contributed by atoms with Gasteiger partial charge in [-0.15, -0.1) is 0 Å². The summed E-state index contributed by atoms with van der Waals surface area (Å²) in [5.41, 5.74) is 2.70. The molecule has 0 aromatic heterocycles. The van der Waals surface area contributed by atoms with Gasteiger partial charge in [0.15, 0.2) is 0 Å². The van der Waals surface area contributed by atoms with Crippen molar-refractivity contribution >= 4 is 29.7 Å². The summed E-state index contributed by atoms with van der Waals surface area (Å²) in [6.45, 7) is 6.69. The molecule has 0 saturated carbocycles. The Morgan fingerprint density at radius 2 is 1.08 bits per heavy atom. The van der Waals surface area contributed by atoms with E-state index in [1.165, 1.54) is 0 Å². The van der Waals surface area contributed by atoms with Crippen LogP contribution in [0.25, 0.3) is 17.7 Å². The Kier molecular flexibility index (Phi) is 12.6. The zero-order valence-electron chi connectivity index (χ0n) is 27.5. The first-order valence-electron chi connectivity index (χ1n) is 15.5. The molecule has 4 aromatic rings. The van der Waals surface area contributed by atoms with Crippen molar-refractivity contribution in [3.05, 3.63) is 173 Å². The van der Waals surface area contributed by atoms with E-state index in [-0.39, 0.29) is 36.7 Å². The number of nitriles is 2. The van der Waals surface area contributed by atoms with Crippen molar-refractivity contribution in [1.29, 1.82) is 10.5 Å². The van der Waals surface area contributed by atoms with Crippen LogP contribution in [0.15, 0.2) is 150 Å². The van der Waals surface area contributed by atoms with E-state index in [0.29, 0.717) is 22.3 Å². The molecular formula is C42H36N2O5. The highest BCUT2D eigenvalue weighted by Gasteiger charge is 2.32. The second kappa shape index (κ2) is 17.5. The fraction of sp³-hybridized carbons (Fsp3) is 0.143. The van der Waals surface area contributed by atoms with Gasteiger partial charge >= 0.3 is 11.9 Å². The third-order valence-corrected chi connectivity index (χ3v) is 7.43. The van der Waals surface area contributed by atoms with Crippen LogP contribution in [0.2, 0.25) is 0 Å². The highest BCUT2D eigenvalue weighted by molar-refractivity contribution is 6.05. The van der Waals surface area contributed by atoms with Gasteiger partial charge in [0.05, 0.1) is 11.0 Å². The minimum absolute atomic E-state index is 0.100. The summed E-state index contributed by atoms with van der Waals surface area (Å²) in [4.78, 5) is 26.7. The molecule has 0 radical (unpaired) electrons. The van der Waals surface area contributed by atoms with E-state index in [9.17, 15) is 20.1 Å². The molecule has 0 saturated heterocycles. The van der Waals surface area contributed by atoms with E-state index in [2.05, 4.69) is 12.6 Å². The molecule has 7 heteroatoms. The van der Waals surface area contributed by atoms with E-state index < -0.39 is 17.4 Å². The molecule has 0 aliphatic heterocycles. The molecule has 0 bridgehead atoms.